The molecule has 2 rings (SSSR count). The Morgan fingerprint density at radius 2 is 2.00 bits per heavy atom. The molecule has 23 heavy (non-hydrogen) atoms. The Kier molecular flexibility index (Phi) is 5.64. The van der Waals surface area contributed by atoms with Gasteiger partial charge in [-0.3, -0.25) is 4.79 Å². The maximum absolute atomic E-state index is 12.3. The van der Waals surface area contributed by atoms with Crippen LogP contribution in [0.25, 0.3) is 6.08 Å². The number of ether oxygens (including phenoxy) is 2. The summed E-state index contributed by atoms with van der Waals surface area (Å²) in [4.78, 5) is 12.3. The van der Waals surface area contributed by atoms with Gasteiger partial charge in [-0.2, -0.15) is 5.26 Å². The maximum atomic E-state index is 12.3. The first kappa shape index (κ1) is 16.9. The summed E-state index contributed by atoms with van der Waals surface area (Å²) >= 11 is 0. The average Bonchev–Trinajstić information content (AvgIpc) is 3.05. The molecule has 0 saturated heterocycles. The minimum atomic E-state index is -0.324. The van der Waals surface area contributed by atoms with E-state index in [9.17, 15) is 10.1 Å². The topological polar surface area (TPSA) is 71.3 Å². The van der Waals surface area contributed by atoms with Gasteiger partial charge in [0, 0.05) is 17.2 Å². The van der Waals surface area contributed by atoms with Crippen molar-refractivity contribution in [2.45, 2.75) is 38.6 Å². The normalized spacial score (nSPS) is 15.1. The number of nitriles is 1. The molecule has 1 amide bonds. The highest BCUT2D eigenvalue weighted by atomic mass is 16.5. The summed E-state index contributed by atoms with van der Waals surface area (Å²) in [6, 6.07) is 5.75. The van der Waals surface area contributed by atoms with Crippen LogP contribution in [0.2, 0.25) is 0 Å². The van der Waals surface area contributed by atoms with E-state index in [0.717, 1.165) is 31.2 Å². The molecule has 5 nitrogen and oxygen atoms in total. The number of carbonyl (C=O) groups excluding carboxylic acids is 1. The van der Waals surface area contributed by atoms with Gasteiger partial charge in [0.15, 0.2) is 0 Å². The van der Waals surface area contributed by atoms with Gasteiger partial charge in [-0.25, -0.2) is 0 Å². The lowest BCUT2D eigenvalue weighted by atomic mass is 10.1. The minimum absolute atomic E-state index is 0.0831. The van der Waals surface area contributed by atoms with E-state index in [1.165, 1.54) is 0 Å². The number of benzene rings is 1. The second kappa shape index (κ2) is 7.68. The van der Waals surface area contributed by atoms with Crippen LogP contribution in [0.1, 0.15) is 36.8 Å². The lowest BCUT2D eigenvalue weighted by Gasteiger charge is -2.14. The summed E-state index contributed by atoms with van der Waals surface area (Å²) in [6.45, 7) is 1.87. The second-order valence-electron chi connectivity index (χ2n) is 5.64. The van der Waals surface area contributed by atoms with Gasteiger partial charge in [0.1, 0.15) is 23.1 Å². The van der Waals surface area contributed by atoms with Crippen molar-refractivity contribution in [2.24, 2.45) is 0 Å². The summed E-state index contributed by atoms with van der Waals surface area (Å²) in [7, 11) is 3.15. The van der Waals surface area contributed by atoms with Crippen molar-refractivity contribution < 1.29 is 14.3 Å². The Balaban J connectivity index is 2.28. The number of amides is 1. The highest BCUT2D eigenvalue weighted by molar-refractivity contribution is 6.02. The van der Waals surface area contributed by atoms with E-state index in [2.05, 4.69) is 5.32 Å². The van der Waals surface area contributed by atoms with E-state index >= 15 is 0 Å². The zero-order chi connectivity index (χ0) is 16.8. The van der Waals surface area contributed by atoms with E-state index in [-0.39, 0.29) is 17.5 Å². The number of nitrogens with one attached hydrogen (secondary N) is 1. The van der Waals surface area contributed by atoms with Crippen molar-refractivity contribution in [2.75, 3.05) is 14.2 Å². The van der Waals surface area contributed by atoms with Crippen LogP contribution in [0, 0.1) is 18.3 Å². The van der Waals surface area contributed by atoms with Gasteiger partial charge >= 0.3 is 0 Å². The van der Waals surface area contributed by atoms with Crippen molar-refractivity contribution in [3.8, 4) is 17.6 Å². The predicted octanol–water partition coefficient (Wildman–Crippen LogP) is 2.98. The van der Waals surface area contributed by atoms with Gasteiger partial charge in [0.2, 0.25) is 0 Å². The number of hydrogen-bond donors (Lipinski definition) is 1. The fourth-order valence-corrected chi connectivity index (χ4v) is 2.94. The third-order valence-corrected chi connectivity index (χ3v) is 4.17. The summed E-state index contributed by atoms with van der Waals surface area (Å²) in [5.41, 5.74) is 1.60. The highest BCUT2D eigenvalue weighted by Gasteiger charge is 2.20. The molecular formula is C18H22N2O3. The highest BCUT2D eigenvalue weighted by Crippen LogP contribution is 2.32. The molecule has 5 heteroatoms. The molecule has 1 aliphatic carbocycles. The molecule has 0 radical (unpaired) electrons. The largest absolute Gasteiger partial charge is 0.496 e. The Labute approximate surface area is 136 Å². The molecular weight excluding hydrogens is 292 g/mol. The van der Waals surface area contributed by atoms with Gasteiger partial charge in [0.25, 0.3) is 5.91 Å². The zero-order valence-corrected chi connectivity index (χ0v) is 13.8. The van der Waals surface area contributed by atoms with E-state index in [0.29, 0.717) is 17.1 Å². The monoisotopic (exact) mass is 314 g/mol. The molecule has 0 aliphatic heterocycles. The summed E-state index contributed by atoms with van der Waals surface area (Å²) < 4.78 is 10.7. The van der Waals surface area contributed by atoms with Gasteiger partial charge in [-0.15, -0.1) is 0 Å². The molecule has 1 saturated carbocycles. The summed E-state index contributed by atoms with van der Waals surface area (Å²) in [5, 5.41) is 12.3. The average molecular weight is 314 g/mol. The third kappa shape index (κ3) is 3.84. The van der Waals surface area contributed by atoms with Crippen LogP contribution in [0.5, 0.6) is 11.5 Å². The fraction of sp³-hybridized carbons (Fsp3) is 0.444. The first-order valence-electron chi connectivity index (χ1n) is 7.75. The number of rotatable bonds is 5. The summed E-state index contributed by atoms with van der Waals surface area (Å²) in [6.07, 6.45) is 5.78. The summed E-state index contributed by atoms with van der Waals surface area (Å²) in [5.74, 6) is 0.980. The lowest BCUT2D eigenvalue weighted by Crippen LogP contribution is -2.33. The van der Waals surface area contributed by atoms with Gasteiger partial charge < -0.3 is 14.8 Å². The second-order valence-corrected chi connectivity index (χ2v) is 5.64. The molecule has 1 fully saturated rings. The molecule has 1 aromatic carbocycles. The van der Waals surface area contributed by atoms with Crippen LogP contribution in [0.4, 0.5) is 0 Å². The molecule has 0 heterocycles. The number of hydrogen-bond acceptors (Lipinski definition) is 4. The molecule has 0 aromatic heterocycles. The Hall–Kier alpha value is -2.48. The van der Waals surface area contributed by atoms with Crippen molar-refractivity contribution in [3.05, 3.63) is 28.8 Å². The molecule has 0 unspecified atom stereocenters. The standard InChI is InChI=1S/C18H22N2O3/c1-12-16(22-2)9-8-13(17(12)23-3)10-14(11-19)18(21)20-15-6-4-5-7-15/h8-10,15H,4-7H2,1-3H3,(H,20,21)/b14-10-. The predicted molar refractivity (Wildman–Crippen MR) is 88.3 cm³/mol. The van der Waals surface area contributed by atoms with Crippen LogP contribution in [-0.2, 0) is 4.79 Å². The smallest absolute Gasteiger partial charge is 0.262 e. The molecule has 0 spiro atoms. The molecule has 1 aliphatic rings. The Morgan fingerprint density at radius 1 is 1.30 bits per heavy atom. The molecule has 0 atom stereocenters. The third-order valence-electron chi connectivity index (χ3n) is 4.17. The lowest BCUT2D eigenvalue weighted by molar-refractivity contribution is -0.117. The van der Waals surface area contributed by atoms with Crippen LogP contribution >= 0.6 is 0 Å². The van der Waals surface area contributed by atoms with Crippen LogP contribution in [-0.4, -0.2) is 26.2 Å². The molecule has 1 N–H and O–H groups in total. The van der Waals surface area contributed by atoms with Crippen molar-refractivity contribution in [3.63, 3.8) is 0 Å². The van der Waals surface area contributed by atoms with Gasteiger partial charge in [0.05, 0.1) is 14.2 Å². The zero-order valence-electron chi connectivity index (χ0n) is 13.8. The van der Waals surface area contributed by atoms with E-state index in [1.54, 1.807) is 32.4 Å². The SMILES string of the molecule is COc1ccc(/C=C(/C#N)C(=O)NC2CCCC2)c(OC)c1C. The van der Waals surface area contributed by atoms with Crippen LogP contribution < -0.4 is 14.8 Å². The molecule has 1 aromatic rings. The Morgan fingerprint density at radius 3 is 2.57 bits per heavy atom. The van der Waals surface area contributed by atoms with Crippen molar-refractivity contribution in [1.82, 2.24) is 5.32 Å². The van der Waals surface area contributed by atoms with Crippen molar-refractivity contribution >= 4 is 12.0 Å². The molecule has 122 valence electrons. The van der Waals surface area contributed by atoms with Crippen molar-refractivity contribution in [1.29, 1.82) is 5.26 Å². The first-order valence-corrected chi connectivity index (χ1v) is 7.75. The van der Waals surface area contributed by atoms with E-state index in [4.69, 9.17) is 9.47 Å². The first-order chi connectivity index (χ1) is 11.1. The maximum Gasteiger partial charge on any atom is 0.262 e. The number of methoxy groups -OCH3 is 2. The van der Waals surface area contributed by atoms with Crippen LogP contribution in [0.3, 0.4) is 0 Å². The fourth-order valence-electron chi connectivity index (χ4n) is 2.94. The van der Waals surface area contributed by atoms with E-state index in [1.807, 2.05) is 13.0 Å². The quantitative estimate of drug-likeness (QED) is 0.670. The number of carbonyl (C=O) groups is 1. The molecule has 0 bridgehead atoms. The van der Waals surface area contributed by atoms with Gasteiger partial charge in [-0.1, -0.05) is 12.8 Å². The minimum Gasteiger partial charge on any atom is -0.496 e. The Bertz CT molecular complexity index is 653. The van der Waals surface area contributed by atoms with Gasteiger partial charge in [-0.05, 0) is 38.0 Å². The number of nitrogens with zero attached hydrogens (tertiary/aromatic N) is 1. The van der Waals surface area contributed by atoms with Crippen LogP contribution in [0.15, 0.2) is 17.7 Å². The van der Waals surface area contributed by atoms with E-state index < -0.39 is 0 Å².